The minimum atomic E-state index is -1.09. The number of rotatable bonds is 9. The second-order valence-corrected chi connectivity index (χ2v) is 9.93. The molecule has 0 aliphatic heterocycles. The summed E-state index contributed by atoms with van der Waals surface area (Å²) in [7, 11) is 3.02. The first kappa shape index (κ1) is 26.9. The van der Waals surface area contributed by atoms with Gasteiger partial charge in [-0.1, -0.05) is 36.6 Å². The van der Waals surface area contributed by atoms with Crippen molar-refractivity contribution in [3.63, 3.8) is 0 Å². The molecule has 3 aromatic rings. The molecule has 0 bridgehead atoms. The van der Waals surface area contributed by atoms with Crippen LogP contribution < -0.4 is 31.2 Å². The average molecular weight is 538 g/mol. The van der Waals surface area contributed by atoms with Crippen LogP contribution in [0.2, 0.25) is 0 Å². The van der Waals surface area contributed by atoms with Crippen molar-refractivity contribution >= 4 is 40.6 Å². The van der Waals surface area contributed by atoms with Crippen LogP contribution in [0.5, 0.6) is 11.5 Å². The molecule has 0 spiro atoms. The summed E-state index contributed by atoms with van der Waals surface area (Å²) in [6.07, 6.45) is 3.79. The van der Waals surface area contributed by atoms with E-state index in [0.717, 1.165) is 42.8 Å². The van der Waals surface area contributed by atoms with E-state index in [2.05, 4.69) is 9.69 Å². The maximum atomic E-state index is 14.1. The second kappa shape index (κ2) is 11.5. The maximum Gasteiger partial charge on any atom is 0.273 e. The molecule has 0 saturated heterocycles. The van der Waals surface area contributed by atoms with Crippen LogP contribution in [-0.4, -0.2) is 42.4 Å². The lowest BCUT2D eigenvalue weighted by molar-refractivity contribution is -0.123. The van der Waals surface area contributed by atoms with Crippen molar-refractivity contribution in [1.82, 2.24) is 9.69 Å². The molecular weight excluding hydrogens is 506 g/mol. The van der Waals surface area contributed by atoms with Crippen LogP contribution in [0.15, 0.2) is 42.5 Å². The number of benzene rings is 2. The predicted octanol–water partition coefficient (Wildman–Crippen LogP) is 3.60. The largest absolute Gasteiger partial charge is 0.493 e. The van der Waals surface area contributed by atoms with Crippen LogP contribution >= 0.6 is 11.5 Å². The van der Waals surface area contributed by atoms with Gasteiger partial charge in [0, 0.05) is 11.7 Å². The molecule has 38 heavy (non-hydrogen) atoms. The normalized spacial score (nSPS) is 14.1. The Kier molecular flexibility index (Phi) is 8.16. The molecule has 1 atom stereocenters. The summed E-state index contributed by atoms with van der Waals surface area (Å²) in [5.41, 5.74) is 13.2. The molecule has 1 saturated carbocycles. The molecule has 11 heteroatoms. The van der Waals surface area contributed by atoms with Gasteiger partial charge < -0.3 is 26.3 Å². The van der Waals surface area contributed by atoms with E-state index >= 15 is 0 Å². The smallest absolute Gasteiger partial charge is 0.273 e. The minimum Gasteiger partial charge on any atom is -0.493 e. The van der Waals surface area contributed by atoms with Crippen molar-refractivity contribution in [3.05, 3.63) is 64.2 Å². The highest BCUT2D eigenvalue weighted by atomic mass is 32.1. The van der Waals surface area contributed by atoms with E-state index in [1.165, 1.54) is 19.1 Å². The first-order valence-corrected chi connectivity index (χ1v) is 13.0. The van der Waals surface area contributed by atoms with Crippen molar-refractivity contribution in [1.29, 1.82) is 0 Å². The molecule has 10 nitrogen and oxygen atoms in total. The molecule has 1 aliphatic carbocycles. The van der Waals surface area contributed by atoms with E-state index in [4.69, 9.17) is 20.9 Å². The second-order valence-electron chi connectivity index (χ2n) is 9.16. The molecule has 5 N–H and O–H groups in total. The highest BCUT2D eigenvalue weighted by molar-refractivity contribution is 7.09. The van der Waals surface area contributed by atoms with Gasteiger partial charge in [-0.15, -0.1) is 0 Å². The molecule has 2 aromatic carbocycles. The number of nitrogens with two attached hydrogens (primary N) is 2. The topological polar surface area (TPSA) is 150 Å². The number of primary amides is 1. The number of methoxy groups -OCH3 is 2. The molecule has 1 aromatic heterocycles. The van der Waals surface area contributed by atoms with Crippen LogP contribution in [-0.2, 0) is 4.79 Å². The standard InChI is InChI=1S/C27H31N5O5S/c1-15-8-11-18(12-9-15)32(27(35)24-21(28)22(25(29)33)31-38-24)23(26(34)30-17-6-4-5-7-17)16-10-13-19(36-2)20(14-16)37-3/h8-14,17,23H,4-7,28H2,1-3H3,(H2,29,33)(H,30,34)/t23-/m0/s1. The number of aromatic nitrogens is 1. The van der Waals surface area contributed by atoms with Gasteiger partial charge >= 0.3 is 0 Å². The number of anilines is 2. The number of hydrogen-bond acceptors (Lipinski definition) is 8. The third-order valence-electron chi connectivity index (χ3n) is 6.62. The number of ether oxygens (including phenoxy) is 2. The number of amides is 3. The van der Waals surface area contributed by atoms with Crippen molar-refractivity contribution in [2.24, 2.45) is 5.73 Å². The fraction of sp³-hybridized carbons (Fsp3) is 0.333. The first-order chi connectivity index (χ1) is 18.2. The molecule has 1 aliphatic rings. The van der Waals surface area contributed by atoms with Crippen LogP contribution in [0, 0.1) is 6.92 Å². The molecular formula is C27H31N5O5S. The number of nitrogen functional groups attached to an aromatic ring is 1. The molecule has 4 rings (SSSR count). The van der Waals surface area contributed by atoms with Crippen molar-refractivity contribution < 1.29 is 23.9 Å². The van der Waals surface area contributed by atoms with Gasteiger partial charge in [-0.25, -0.2) is 0 Å². The summed E-state index contributed by atoms with van der Waals surface area (Å²) >= 11 is 0.766. The summed E-state index contributed by atoms with van der Waals surface area (Å²) in [5, 5.41) is 3.13. The van der Waals surface area contributed by atoms with Gasteiger partial charge in [0.05, 0.1) is 19.9 Å². The number of aryl methyl sites for hydroxylation is 1. The van der Waals surface area contributed by atoms with Crippen LogP contribution in [0.4, 0.5) is 11.4 Å². The number of hydrogen-bond donors (Lipinski definition) is 3. The molecule has 200 valence electrons. The fourth-order valence-electron chi connectivity index (χ4n) is 4.62. The summed E-state index contributed by atoms with van der Waals surface area (Å²) in [6, 6.07) is 11.2. The third kappa shape index (κ3) is 5.42. The Morgan fingerprint density at radius 1 is 1.05 bits per heavy atom. The zero-order valence-corrected chi connectivity index (χ0v) is 22.3. The van der Waals surface area contributed by atoms with Gasteiger partial charge in [0.25, 0.3) is 11.8 Å². The first-order valence-electron chi connectivity index (χ1n) is 12.2. The van der Waals surface area contributed by atoms with E-state index in [0.29, 0.717) is 22.7 Å². The summed E-state index contributed by atoms with van der Waals surface area (Å²) < 4.78 is 14.9. The van der Waals surface area contributed by atoms with Crippen molar-refractivity contribution in [2.45, 2.75) is 44.7 Å². The zero-order chi connectivity index (χ0) is 27.4. The van der Waals surface area contributed by atoms with Crippen molar-refractivity contribution in [3.8, 4) is 11.5 Å². The average Bonchev–Trinajstić information content (AvgIpc) is 3.56. The highest BCUT2D eigenvalue weighted by Gasteiger charge is 2.37. The molecule has 0 unspecified atom stereocenters. The predicted molar refractivity (Wildman–Crippen MR) is 146 cm³/mol. The lowest BCUT2D eigenvalue weighted by Gasteiger charge is -2.32. The van der Waals surface area contributed by atoms with Crippen LogP contribution in [0.25, 0.3) is 0 Å². The number of nitrogens with zero attached hydrogens (tertiary/aromatic N) is 2. The van der Waals surface area contributed by atoms with Gasteiger partial charge in [-0.2, -0.15) is 4.37 Å². The molecule has 1 heterocycles. The van der Waals surface area contributed by atoms with E-state index < -0.39 is 17.9 Å². The third-order valence-corrected chi connectivity index (χ3v) is 7.47. The summed E-state index contributed by atoms with van der Waals surface area (Å²) in [4.78, 5) is 41.3. The van der Waals surface area contributed by atoms with Gasteiger partial charge in [-0.05, 0) is 61.1 Å². The Hall–Kier alpha value is -4.12. The van der Waals surface area contributed by atoms with Crippen LogP contribution in [0.3, 0.4) is 0 Å². The Morgan fingerprint density at radius 2 is 1.71 bits per heavy atom. The van der Waals surface area contributed by atoms with Gasteiger partial charge in [0.1, 0.15) is 10.9 Å². The van der Waals surface area contributed by atoms with Gasteiger partial charge in [0.2, 0.25) is 5.91 Å². The van der Waals surface area contributed by atoms with Gasteiger partial charge in [0.15, 0.2) is 17.2 Å². The van der Waals surface area contributed by atoms with Gasteiger partial charge in [-0.3, -0.25) is 19.3 Å². The van der Waals surface area contributed by atoms with E-state index in [1.807, 2.05) is 19.1 Å². The van der Waals surface area contributed by atoms with Crippen LogP contribution in [0.1, 0.15) is 63.0 Å². The SMILES string of the molecule is COc1ccc([C@@H](C(=O)NC2CCCC2)N(C(=O)c2snc(C(N)=O)c2N)c2ccc(C)cc2)cc1OC. The van der Waals surface area contributed by atoms with E-state index in [1.54, 1.807) is 30.3 Å². The highest BCUT2D eigenvalue weighted by Crippen LogP contribution is 2.37. The number of carbonyl (C=O) groups is 3. The molecule has 3 amide bonds. The molecule has 0 radical (unpaired) electrons. The maximum absolute atomic E-state index is 14.1. The van der Waals surface area contributed by atoms with E-state index in [-0.39, 0.29) is 28.2 Å². The summed E-state index contributed by atoms with van der Waals surface area (Å²) in [6.45, 7) is 1.93. The zero-order valence-electron chi connectivity index (χ0n) is 21.5. The Morgan fingerprint density at radius 3 is 2.29 bits per heavy atom. The number of nitrogens with one attached hydrogen (secondary N) is 1. The van der Waals surface area contributed by atoms with E-state index in [9.17, 15) is 14.4 Å². The number of carbonyl (C=O) groups excluding carboxylic acids is 3. The fourth-order valence-corrected chi connectivity index (χ4v) is 5.36. The lowest BCUT2D eigenvalue weighted by Crippen LogP contribution is -2.46. The monoisotopic (exact) mass is 537 g/mol. The Balaban J connectivity index is 1.89. The lowest BCUT2D eigenvalue weighted by atomic mass is 10.0. The van der Waals surface area contributed by atoms with Crippen molar-refractivity contribution in [2.75, 3.05) is 24.9 Å². The minimum absolute atomic E-state index is 0.00931. The summed E-state index contributed by atoms with van der Waals surface area (Å²) in [5.74, 6) is -0.880. The molecule has 1 fully saturated rings. The Bertz CT molecular complexity index is 1330. The quantitative estimate of drug-likeness (QED) is 0.377. The Labute approximate surface area is 225 Å².